The molecule has 1 unspecified atom stereocenters. The van der Waals surface area contributed by atoms with Crippen molar-refractivity contribution >= 4 is 17.5 Å². The molecule has 0 bridgehead atoms. The van der Waals surface area contributed by atoms with Crippen molar-refractivity contribution in [2.45, 2.75) is 19.4 Å². The Hall–Kier alpha value is -1.26. The summed E-state index contributed by atoms with van der Waals surface area (Å²) in [6.45, 7) is 2.60. The van der Waals surface area contributed by atoms with Crippen LogP contribution in [0.25, 0.3) is 0 Å². The average Bonchev–Trinajstić information content (AvgIpc) is 2.43. The topological polar surface area (TPSA) is 32.8 Å². The van der Waals surface area contributed by atoms with E-state index in [4.69, 9.17) is 16.3 Å². The number of amides is 1. The van der Waals surface area contributed by atoms with Gasteiger partial charge in [-0.25, -0.2) is 0 Å². The van der Waals surface area contributed by atoms with Gasteiger partial charge in [0.1, 0.15) is 5.75 Å². The van der Waals surface area contributed by atoms with Crippen LogP contribution in [0.5, 0.6) is 5.75 Å². The summed E-state index contributed by atoms with van der Waals surface area (Å²) in [7, 11) is 5.65. The summed E-state index contributed by atoms with van der Waals surface area (Å²) in [6.07, 6.45) is 1.63. The molecule has 5 heteroatoms. The first kappa shape index (κ1) is 16.1. The van der Waals surface area contributed by atoms with E-state index in [2.05, 4.69) is 11.9 Å². The minimum atomic E-state index is 0.255. The van der Waals surface area contributed by atoms with Crippen molar-refractivity contribution in [1.29, 1.82) is 0 Å². The van der Waals surface area contributed by atoms with Crippen molar-refractivity contribution < 1.29 is 9.53 Å². The van der Waals surface area contributed by atoms with E-state index < -0.39 is 0 Å². The Kier molecular flexibility index (Phi) is 5.48. The predicted octanol–water partition coefficient (Wildman–Crippen LogP) is 2.65. The van der Waals surface area contributed by atoms with Crippen LogP contribution in [-0.4, -0.2) is 50.0 Å². The van der Waals surface area contributed by atoms with Gasteiger partial charge in [0.05, 0.1) is 7.11 Å². The van der Waals surface area contributed by atoms with Gasteiger partial charge in [-0.1, -0.05) is 11.6 Å². The highest BCUT2D eigenvalue weighted by atomic mass is 35.5. The number of halogens is 1. The summed E-state index contributed by atoms with van der Waals surface area (Å²) in [5.74, 6) is 1.65. The second kappa shape index (κ2) is 7.14. The molecule has 21 heavy (non-hydrogen) atoms. The molecule has 0 N–H and O–H groups in total. The molecule has 1 aliphatic heterocycles. The van der Waals surface area contributed by atoms with Crippen molar-refractivity contribution in [3.8, 4) is 5.75 Å². The number of hydrogen-bond acceptors (Lipinski definition) is 3. The normalized spacial score (nSPS) is 19.2. The van der Waals surface area contributed by atoms with Crippen molar-refractivity contribution in [3.05, 3.63) is 28.8 Å². The number of methoxy groups -OCH3 is 1. The molecule has 1 aromatic rings. The van der Waals surface area contributed by atoms with Crippen LogP contribution >= 0.6 is 11.6 Å². The average molecular weight is 311 g/mol. The van der Waals surface area contributed by atoms with E-state index >= 15 is 0 Å². The highest BCUT2D eigenvalue weighted by molar-refractivity contribution is 6.30. The fraction of sp³-hybridized carbons (Fsp3) is 0.562. The molecule has 0 spiro atoms. The van der Waals surface area contributed by atoms with Gasteiger partial charge >= 0.3 is 0 Å². The monoisotopic (exact) mass is 310 g/mol. The highest BCUT2D eigenvalue weighted by Crippen LogP contribution is 2.24. The van der Waals surface area contributed by atoms with Crippen LogP contribution in [0.4, 0.5) is 0 Å². The first-order valence-corrected chi connectivity index (χ1v) is 7.62. The van der Waals surface area contributed by atoms with Gasteiger partial charge in [-0.05, 0) is 37.6 Å². The van der Waals surface area contributed by atoms with Crippen molar-refractivity contribution in [1.82, 2.24) is 9.80 Å². The van der Waals surface area contributed by atoms with Crippen LogP contribution < -0.4 is 4.74 Å². The fourth-order valence-corrected chi connectivity index (χ4v) is 3.11. The Morgan fingerprint density at radius 1 is 1.48 bits per heavy atom. The smallest absolute Gasteiger partial charge is 0.222 e. The quantitative estimate of drug-likeness (QED) is 0.838. The SMILES string of the molecule is COc1ccc(Cl)cc1CN(C)CC1CCC(=O)N(C)C1. The molecule has 0 saturated carbocycles. The molecular formula is C16H23ClN2O2. The third-order valence-corrected chi connectivity index (χ3v) is 4.21. The lowest BCUT2D eigenvalue weighted by Gasteiger charge is -2.32. The van der Waals surface area contributed by atoms with Crippen LogP contribution in [-0.2, 0) is 11.3 Å². The molecule has 1 heterocycles. The van der Waals surface area contributed by atoms with Crippen LogP contribution in [0, 0.1) is 5.92 Å². The minimum Gasteiger partial charge on any atom is -0.496 e. The van der Waals surface area contributed by atoms with Gasteiger partial charge < -0.3 is 14.5 Å². The molecule has 0 aromatic heterocycles. The number of piperidine rings is 1. The largest absolute Gasteiger partial charge is 0.496 e. The Morgan fingerprint density at radius 3 is 2.90 bits per heavy atom. The maximum atomic E-state index is 11.5. The fourth-order valence-electron chi connectivity index (χ4n) is 2.91. The number of carbonyl (C=O) groups is 1. The number of hydrogen-bond donors (Lipinski definition) is 0. The molecule has 0 radical (unpaired) electrons. The number of rotatable bonds is 5. The van der Waals surface area contributed by atoms with Gasteiger partial charge in [-0.3, -0.25) is 4.79 Å². The Balaban J connectivity index is 1.94. The molecule has 2 rings (SSSR count). The zero-order chi connectivity index (χ0) is 15.4. The number of carbonyl (C=O) groups excluding carboxylic acids is 1. The highest BCUT2D eigenvalue weighted by Gasteiger charge is 2.23. The third kappa shape index (κ3) is 4.35. The van der Waals surface area contributed by atoms with Crippen molar-refractivity contribution in [2.24, 2.45) is 5.92 Å². The molecule has 0 aliphatic carbocycles. The molecule has 1 saturated heterocycles. The van der Waals surface area contributed by atoms with Gasteiger partial charge in [-0.2, -0.15) is 0 Å². The van der Waals surface area contributed by atoms with Gasteiger partial charge in [-0.15, -0.1) is 0 Å². The maximum absolute atomic E-state index is 11.5. The second-order valence-corrected chi connectivity index (χ2v) is 6.27. The zero-order valence-corrected chi connectivity index (χ0v) is 13.7. The van der Waals surface area contributed by atoms with Crippen molar-refractivity contribution in [2.75, 3.05) is 34.3 Å². The van der Waals surface area contributed by atoms with Gasteiger partial charge in [0, 0.05) is 43.7 Å². The van der Waals surface area contributed by atoms with E-state index in [1.807, 2.05) is 30.1 Å². The Morgan fingerprint density at radius 2 is 2.24 bits per heavy atom. The van der Waals surface area contributed by atoms with Gasteiger partial charge in [0.15, 0.2) is 0 Å². The second-order valence-electron chi connectivity index (χ2n) is 5.83. The summed E-state index contributed by atoms with van der Waals surface area (Å²) in [4.78, 5) is 15.6. The summed E-state index contributed by atoms with van der Waals surface area (Å²) < 4.78 is 5.38. The number of likely N-dealkylation sites (tertiary alicyclic amines) is 1. The van der Waals surface area contributed by atoms with Crippen LogP contribution in [0.3, 0.4) is 0 Å². The molecule has 4 nitrogen and oxygen atoms in total. The van der Waals surface area contributed by atoms with E-state index in [0.717, 1.165) is 42.4 Å². The van der Waals surface area contributed by atoms with E-state index in [-0.39, 0.29) is 5.91 Å². The number of nitrogens with zero attached hydrogens (tertiary/aromatic N) is 2. The van der Waals surface area contributed by atoms with E-state index in [0.29, 0.717) is 12.3 Å². The third-order valence-electron chi connectivity index (χ3n) is 3.98. The Labute approximate surface area is 131 Å². The van der Waals surface area contributed by atoms with Gasteiger partial charge in [0.25, 0.3) is 0 Å². The van der Waals surface area contributed by atoms with E-state index in [9.17, 15) is 4.79 Å². The zero-order valence-electron chi connectivity index (χ0n) is 12.9. The van der Waals surface area contributed by atoms with E-state index in [1.54, 1.807) is 7.11 Å². The summed E-state index contributed by atoms with van der Waals surface area (Å²) in [5, 5.41) is 0.724. The van der Waals surface area contributed by atoms with Crippen molar-refractivity contribution in [3.63, 3.8) is 0 Å². The Bertz CT molecular complexity index is 507. The molecule has 1 aromatic carbocycles. The standard InChI is InChI=1S/C16H23ClN2O2/c1-18(9-12-4-7-16(20)19(2)10-12)11-13-8-14(17)5-6-15(13)21-3/h5-6,8,12H,4,7,9-11H2,1-3H3. The maximum Gasteiger partial charge on any atom is 0.222 e. The summed E-state index contributed by atoms with van der Waals surface area (Å²) in [6, 6.07) is 5.69. The summed E-state index contributed by atoms with van der Waals surface area (Å²) >= 11 is 6.07. The molecular weight excluding hydrogens is 288 g/mol. The molecule has 1 fully saturated rings. The first-order chi connectivity index (χ1) is 9.99. The summed E-state index contributed by atoms with van der Waals surface area (Å²) in [5.41, 5.74) is 1.09. The lowest BCUT2D eigenvalue weighted by atomic mass is 9.97. The number of benzene rings is 1. The van der Waals surface area contributed by atoms with Crippen LogP contribution in [0.1, 0.15) is 18.4 Å². The lowest BCUT2D eigenvalue weighted by molar-refractivity contribution is -0.133. The molecule has 1 atom stereocenters. The van der Waals surface area contributed by atoms with Crippen LogP contribution in [0.15, 0.2) is 18.2 Å². The molecule has 1 amide bonds. The minimum absolute atomic E-state index is 0.255. The van der Waals surface area contributed by atoms with Gasteiger partial charge in [0.2, 0.25) is 5.91 Å². The molecule has 116 valence electrons. The van der Waals surface area contributed by atoms with E-state index in [1.165, 1.54) is 0 Å². The lowest BCUT2D eigenvalue weighted by Crippen LogP contribution is -2.41. The number of ether oxygens (including phenoxy) is 1. The predicted molar refractivity (Wildman–Crippen MR) is 84.7 cm³/mol. The molecule has 1 aliphatic rings. The van der Waals surface area contributed by atoms with Crippen LogP contribution in [0.2, 0.25) is 5.02 Å². The first-order valence-electron chi connectivity index (χ1n) is 7.24.